The fourth-order valence-electron chi connectivity index (χ4n) is 4.17. The van der Waals surface area contributed by atoms with E-state index in [1.165, 1.54) is 0 Å². The van der Waals surface area contributed by atoms with Crippen molar-refractivity contribution in [1.29, 1.82) is 0 Å². The lowest BCUT2D eigenvalue weighted by atomic mass is 9.98. The van der Waals surface area contributed by atoms with Crippen LogP contribution in [0.25, 0.3) is 11.1 Å². The molecule has 0 radical (unpaired) electrons. The first-order chi connectivity index (χ1) is 14.6. The SMILES string of the molecule is COc1ccc(CC(=O)N2CCCC2c2[nH]ncc2-c2ccncc2C)cc1OC. The molecule has 2 aromatic heterocycles. The molecular weight excluding hydrogens is 380 g/mol. The molecule has 3 aromatic rings. The monoisotopic (exact) mass is 406 g/mol. The van der Waals surface area contributed by atoms with Crippen molar-refractivity contribution in [3.05, 3.63) is 59.7 Å². The molecule has 0 saturated carbocycles. The smallest absolute Gasteiger partial charge is 0.227 e. The van der Waals surface area contributed by atoms with Gasteiger partial charge in [0.2, 0.25) is 5.91 Å². The average molecular weight is 406 g/mol. The highest BCUT2D eigenvalue weighted by molar-refractivity contribution is 5.80. The molecule has 1 atom stereocenters. The molecule has 7 nitrogen and oxygen atoms in total. The van der Waals surface area contributed by atoms with Crippen LogP contribution in [0.3, 0.4) is 0 Å². The Morgan fingerprint density at radius 1 is 1.17 bits per heavy atom. The summed E-state index contributed by atoms with van der Waals surface area (Å²) < 4.78 is 10.7. The summed E-state index contributed by atoms with van der Waals surface area (Å²) in [6, 6.07) is 7.59. The molecule has 1 aliphatic heterocycles. The number of pyridine rings is 1. The summed E-state index contributed by atoms with van der Waals surface area (Å²) in [6.45, 7) is 2.78. The maximum atomic E-state index is 13.2. The van der Waals surface area contributed by atoms with E-state index in [0.29, 0.717) is 17.9 Å². The zero-order valence-electron chi connectivity index (χ0n) is 17.5. The fraction of sp³-hybridized carbons (Fsp3) is 0.348. The topological polar surface area (TPSA) is 80.3 Å². The number of ether oxygens (including phenoxy) is 2. The Balaban J connectivity index is 1.57. The molecule has 1 N–H and O–H groups in total. The van der Waals surface area contributed by atoms with Crippen molar-refractivity contribution in [2.75, 3.05) is 20.8 Å². The minimum absolute atomic E-state index is 0.0114. The number of aryl methyl sites for hydroxylation is 1. The summed E-state index contributed by atoms with van der Waals surface area (Å²) in [5, 5.41) is 7.44. The number of benzene rings is 1. The third kappa shape index (κ3) is 3.75. The molecule has 1 saturated heterocycles. The number of carbonyl (C=O) groups excluding carboxylic acids is 1. The zero-order valence-corrected chi connectivity index (χ0v) is 17.5. The van der Waals surface area contributed by atoms with Gasteiger partial charge in [0.05, 0.1) is 38.6 Å². The molecule has 0 bridgehead atoms. The molecule has 3 heterocycles. The predicted molar refractivity (Wildman–Crippen MR) is 113 cm³/mol. The molecule has 0 spiro atoms. The van der Waals surface area contributed by atoms with Gasteiger partial charge in [-0.15, -0.1) is 0 Å². The predicted octanol–water partition coefficient (Wildman–Crippen LogP) is 3.70. The Kier molecular flexibility index (Phi) is 5.70. The number of carbonyl (C=O) groups is 1. The lowest BCUT2D eigenvalue weighted by Crippen LogP contribution is -2.32. The number of likely N-dealkylation sites (tertiary alicyclic amines) is 1. The third-order valence-electron chi connectivity index (χ3n) is 5.69. The van der Waals surface area contributed by atoms with Crippen molar-refractivity contribution in [3.63, 3.8) is 0 Å². The van der Waals surface area contributed by atoms with Crippen LogP contribution in [0.5, 0.6) is 11.5 Å². The summed E-state index contributed by atoms with van der Waals surface area (Å²) in [5.41, 5.74) is 5.10. The van der Waals surface area contributed by atoms with E-state index in [2.05, 4.69) is 15.2 Å². The zero-order chi connectivity index (χ0) is 21.1. The number of H-pyrrole nitrogens is 1. The number of hydrogen-bond acceptors (Lipinski definition) is 5. The first kappa shape index (κ1) is 19.9. The van der Waals surface area contributed by atoms with Gasteiger partial charge in [-0.3, -0.25) is 14.9 Å². The molecule has 1 amide bonds. The van der Waals surface area contributed by atoms with Crippen LogP contribution in [0.1, 0.15) is 35.7 Å². The van der Waals surface area contributed by atoms with Gasteiger partial charge in [-0.05, 0) is 54.7 Å². The number of methoxy groups -OCH3 is 2. The number of nitrogens with zero attached hydrogens (tertiary/aromatic N) is 3. The third-order valence-corrected chi connectivity index (χ3v) is 5.69. The van der Waals surface area contributed by atoms with E-state index in [1.807, 2.05) is 48.5 Å². The Morgan fingerprint density at radius 2 is 2.00 bits per heavy atom. The van der Waals surface area contributed by atoms with E-state index in [-0.39, 0.29) is 11.9 Å². The van der Waals surface area contributed by atoms with Crippen LogP contribution < -0.4 is 9.47 Å². The maximum absolute atomic E-state index is 13.2. The van der Waals surface area contributed by atoms with Crippen LogP contribution in [0.4, 0.5) is 0 Å². The van der Waals surface area contributed by atoms with Gasteiger partial charge in [0.1, 0.15) is 0 Å². The van der Waals surface area contributed by atoms with Crippen molar-refractivity contribution in [2.45, 2.75) is 32.2 Å². The molecule has 156 valence electrons. The molecule has 1 unspecified atom stereocenters. The first-order valence-corrected chi connectivity index (χ1v) is 10.1. The number of amides is 1. The normalized spacial score (nSPS) is 16.0. The number of hydrogen-bond donors (Lipinski definition) is 1. The summed E-state index contributed by atoms with van der Waals surface area (Å²) >= 11 is 0. The number of aromatic nitrogens is 3. The van der Waals surface area contributed by atoms with E-state index < -0.39 is 0 Å². The van der Waals surface area contributed by atoms with E-state index >= 15 is 0 Å². The van der Waals surface area contributed by atoms with Crippen molar-refractivity contribution >= 4 is 5.91 Å². The first-order valence-electron chi connectivity index (χ1n) is 10.1. The van der Waals surface area contributed by atoms with Crippen LogP contribution in [0.15, 0.2) is 42.9 Å². The molecule has 0 aliphatic carbocycles. The molecule has 30 heavy (non-hydrogen) atoms. The van der Waals surface area contributed by atoms with Gasteiger partial charge in [-0.2, -0.15) is 5.10 Å². The molecule has 4 rings (SSSR count). The van der Waals surface area contributed by atoms with Gasteiger partial charge in [-0.25, -0.2) is 0 Å². The van der Waals surface area contributed by atoms with E-state index in [4.69, 9.17) is 9.47 Å². The highest BCUT2D eigenvalue weighted by atomic mass is 16.5. The van der Waals surface area contributed by atoms with Crippen molar-refractivity contribution in [2.24, 2.45) is 0 Å². The quantitative estimate of drug-likeness (QED) is 0.675. The Labute approximate surface area is 176 Å². The largest absolute Gasteiger partial charge is 0.493 e. The van der Waals surface area contributed by atoms with E-state index in [0.717, 1.165) is 47.3 Å². The van der Waals surface area contributed by atoms with Gasteiger partial charge in [0.25, 0.3) is 0 Å². The Morgan fingerprint density at radius 3 is 2.77 bits per heavy atom. The number of aromatic amines is 1. The standard InChI is InChI=1S/C23H26N4O3/c1-15-13-24-9-8-17(15)18-14-25-26-23(18)19-5-4-10-27(19)22(28)12-16-6-7-20(29-2)21(11-16)30-3/h6-9,11,13-14,19H,4-5,10,12H2,1-3H3,(H,25,26). The molecule has 1 aromatic carbocycles. The molecule has 1 fully saturated rings. The van der Waals surface area contributed by atoms with Crippen molar-refractivity contribution in [1.82, 2.24) is 20.1 Å². The minimum atomic E-state index is -0.0114. The second kappa shape index (κ2) is 8.57. The van der Waals surface area contributed by atoms with Crippen molar-refractivity contribution in [3.8, 4) is 22.6 Å². The lowest BCUT2D eigenvalue weighted by Gasteiger charge is -2.25. The second-order valence-corrected chi connectivity index (χ2v) is 7.50. The van der Waals surface area contributed by atoms with Crippen LogP contribution in [0.2, 0.25) is 0 Å². The van der Waals surface area contributed by atoms with Gasteiger partial charge >= 0.3 is 0 Å². The molecule has 1 aliphatic rings. The molecule has 7 heteroatoms. The highest BCUT2D eigenvalue weighted by Gasteiger charge is 2.33. The fourth-order valence-corrected chi connectivity index (χ4v) is 4.17. The summed E-state index contributed by atoms with van der Waals surface area (Å²) in [5.74, 6) is 1.38. The average Bonchev–Trinajstić information content (AvgIpc) is 3.43. The van der Waals surface area contributed by atoms with E-state index in [9.17, 15) is 4.79 Å². The lowest BCUT2D eigenvalue weighted by molar-refractivity contribution is -0.131. The maximum Gasteiger partial charge on any atom is 0.227 e. The number of rotatable bonds is 6. The summed E-state index contributed by atoms with van der Waals surface area (Å²) in [7, 11) is 3.20. The van der Waals surface area contributed by atoms with E-state index in [1.54, 1.807) is 20.4 Å². The molecular formula is C23H26N4O3. The van der Waals surface area contributed by atoms with Gasteiger partial charge in [0, 0.05) is 24.5 Å². The Hall–Kier alpha value is -3.35. The summed E-state index contributed by atoms with van der Waals surface area (Å²) in [4.78, 5) is 19.3. The Bertz CT molecular complexity index is 1050. The van der Waals surface area contributed by atoms with Gasteiger partial charge in [0.15, 0.2) is 11.5 Å². The second-order valence-electron chi connectivity index (χ2n) is 7.50. The van der Waals surface area contributed by atoms with Gasteiger partial charge in [-0.1, -0.05) is 6.07 Å². The van der Waals surface area contributed by atoms with Crippen LogP contribution in [-0.2, 0) is 11.2 Å². The highest BCUT2D eigenvalue weighted by Crippen LogP contribution is 2.37. The van der Waals surface area contributed by atoms with Crippen LogP contribution >= 0.6 is 0 Å². The van der Waals surface area contributed by atoms with Gasteiger partial charge < -0.3 is 14.4 Å². The van der Waals surface area contributed by atoms with Crippen LogP contribution in [0, 0.1) is 6.92 Å². The van der Waals surface area contributed by atoms with Crippen molar-refractivity contribution < 1.29 is 14.3 Å². The summed E-state index contributed by atoms with van der Waals surface area (Å²) in [6.07, 6.45) is 7.67. The number of nitrogens with one attached hydrogen (secondary N) is 1. The van der Waals surface area contributed by atoms with Crippen LogP contribution in [-0.4, -0.2) is 46.8 Å². The minimum Gasteiger partial charge on any atom is -0.493 e.